The van der Waals surface area contributed by atoms with Gasteiger partial charge < -0.3 is 59.0 Å². The van der Waals surface area contributed by atoms with Crippen LogP contribution in [-0.2, 0) is 26.2 Å². The molecule has 0 fully saturated rings. The molecule has 4 N–H and O–H groups in total. The summed E-state index contributed by atoms with van der Waals surface area (Å²) in [5.74, 6) is 1.79. The number of unbranched alkanes of at least 4 members (excludes halogenated alkanes) is 32. The third-order valence-corrected chi connectivity index (χ3v) is 21.7. The first-order valence-corrected chi connectivity index (χ1v) is 40.7. The number of hydrogen-bond acceptors (Lipinski definition) is 12. The Bertz CT molecular complexity index is 2550. The Balaban J connectivity index is 2.08. The van der Waals surface area contributed by atoms with E-state index in [1.807, 2.05) is 0 Å². The number of rotatable bonds is 52. The molecule has 568 valence electrons. The number of nitrogens with zero attached hydrogens (tertiary/aromatic N) is 4. The number of benzene rings is 4. The summed E-state index contributed by atoms with van der Waals surface area (Å²) in [4.78, 5) is 8.50. The molecule has 4 unspecified atom stereocenters. The quantitative estimate of drug-likeness (QED) is 0.0314. The second kappa shape index (κ2) is 47.5. The molecular weight excluding hydrogens is 1240 g/mol. The summed E-state index contributed by atoms with van der Waals surface area (Å²) in [6.07, 6.45) is 45.2. The van der Waals surface area contributed by atoms with Gasteiger partial charge in [0.1, 0.15) is 46.0 Å². The summed E-state index contributed by atoms with van der Waals surface area (Å²) >= 11 is 0. The highest BCUT2D eigenvalue weighted by Crippen LogP contribution is 2.57. The normalized spacial score (nSPS) is 15.5. The summed E-state index contributed by atoms with van der Waals surface area (Å²) in [5, 5.41) is 54.8. The first kappa shape index (κ1) is 85.8. The molecule has 0 spiro atoms. The van der Waals surface area contributed by atoms with E-state index in [1.165, 1.54) is 154 Å². The van der Waals surface area contributed by atoms with Gasteiger partial charge in [-0.15, -0.1) is 0 Å². The minimum atomic E-state index is -0.397. The van der Waals surface area contributed by atoms with E-state index in [1.54, 1.807) is 28.4 Å². The molecule has 0 heterocycles. The van der Waals surface area contributed by atoms with Gasteiger partial charge in [-0.25, -0.2) is 0 Å². The summed E-state index contributed by atoms with van der Waals surface area (Å²) in [5.41, 5.74) is 9.83. The lowest BCUT2D eigenvalue weighted by Gasteiger charge is -2.34. The number of phenolic OH excluding ortho intramolecular Hbond substituents is 4. The topological polar surface area (TPSA) is 131 Å². The molecule has 1 aliphatic rings. The van der Waals surface area contributed by atoms with E-state index >= 15 is 0 Å². The van der Waals surface area contributed by atoms with Gasteiger partial charge in [-0.3, -0.25) is 0 Å². The molecule has 12 heteroatoms. The van der Waals surface area contributed by atoms with Crippen molar-refractivity contribution in [1.29, 1.82) is 0 Å². The Hall–Kier alpha value is -4.88. The summed E-state index contributed by atoms with van der Waals surface area (Å²) in [7, 11) is 23.5. The van der Waals surface area contributed by atoms with Crippen LogP contribution in [0.3, 0.4) is 0 Å². The fraction of sp³-hybridized carbons (Fsp3) is 0.727. The van der Waals surface area contributed by atoms with Crippen molar-refractivity contribution in [2.24, 2.45) is 0 Å². The Kier molecular flexibility index (Phi) is 40.7. The lowest BCUT2D eigenvalue weighted by molar-refractivity contribution is 0.343. The van der Waals surface area contributed by atoms with Crippen LogP contribution in [0.25, 0.3) is 0 Å². The molecule has 4 atom stereocenters. The number of fused-ring (bicyclic) bond motifs is 8. The second-order valence-corrected chi connectivity index (χ2v) is 31.3. The third-order valence-electron chi connectivity index (χ3n) is 21.7. The standard InChI is InChI=1S/C88H148N4O8/c1-17-21-25-29-33-37-41-45-49-53-65-69-57-74(86(98-14)77(81(69)93)61-89(5)6)67(55-51-47-43-39-35-31-27-23-19-3)71-59-76(88(100-16)79(83(71)95)63-91(9)10)68(56-52-48-44-40-36-32-28-24-20-4)72-60-75(87(99-15)80(84(72)96)64-92(11)12)66(54-50-46-42-38-34-30-26-22-18-2)70-58-73(65)85(97-13)78(82(70)94)62-90(7)8/h57-60,65-68,93-96H,17-56,61-64H2,1-16H3. The number of hydrogen-bond donors (Lipinski definition) is 4. The molecular formula is C88H148N4O8. The number of ether oxygens (including phenoxy) is 4. The van der Waals surface area contributed by atoms with Crippen molar-refractivity contribution >= 4 is 0 Å². The summed E-state index contributed by atoms with van der Waals surface area (Å²) < 4.78 is 27.2. The molecule has 0 radical (unpaired) electrons. The van der Waals surface area contributed by atoms with E-state index in [4.69, 9.17) is 18.9 Å². The van der Waals surface area contributed by atoms with Crippen molar-refractivity contribution < 1.29 is 39.4 Å². The van der Waals surface area contributed by atoms with Crippen LogP contribution in [-0.4, -0.2) is 125 Å². The molecule has 100 heavy (non-hydrogen) atoms. The zero-order valence-corrected chi connectivity index (χ0v) is 66.9. The lowest BCUT2D eigenvalue weighted by Crippen LogP contribution is -2.19. The van der Waals surface area contributed by atoms with Crippen LogP contribution in [0.1, 0.15) is 375 Å². The van der Waals surface area contributed by atoms with Crippen LogP contribution < -0.4 is 18.9 Å². The van der Waals surface area contributed by atoms with Gasteiger partial charge in [-0.1, -0.05) is 259 Å². The Labute approximate surface area is 612 Å². The monoisotopic (exact) mass is 1390 g/mol. The molecule has 0 amide bonds. The highest BCUT2D eigenvalue weighted by molar-refractivity contribution is 5.68. The molecule has 0 saturated carbocycles. The Morgan fingerprint density at radius 2 is 0.390 bits per heavy atom. The fourth-order valence-corrected chi connectivity index (χ4v) is 16.5. The van der Waals surface area contributed by atoms with Crippen molar-refractivity contribution in [3.8, 4) is 46.0 Å². The minimum absolute atomic E-state index is 0.211. The highest BCUT2D eigenvalue weighted by Gasteiger charge is 2.38. The highest BCUT2D eigenvalue weighted by atomic mass is 16.5. The van der Waals surface area contributed by atoms with Crippen molar-refractivity contribution in [3.63, 3.8) is 0 Å². The zero-order valence-electron chi connectivity index (χ0n) is 66.9. The average Bonchev–Trinajstić information content (AvgIpc) is 0.738. The summed E-state index contributed by atoms with van der Waals surface area (Å²) in [6.45, 7) is 10.8. The predicted octanol–water partition coefficient (Wildman–Crippen LogP) is 23.3. The lowest BCUT2D eigenvalue weighted by atomic mass is 9.74. The fourth-order valence-electron chi connectivity index (χ4n) is 16.5. The smallest absolute Gasteiger partial charge is 0.130 e. The number of aromatic hydroxyl groups is 4. The molecule has 12 nitrogen and oxygen atoms in total. The van der Waals surface area contributed by atoms with E-state index < -0.39 is 23.7 Å². The SMILES string of the molecule is CCCCCCCCCCCC1c2cc(c(OC)c(CN(C)C)c2O)C(CCCCCCCCCCC)c2cc(c(OC)c(CN(C)C)c2O)C(CCCCCCCCCCC)c2cc(c(OC)c(CN(C)C)c2O)C(CCCCCCCCCCC)c2cc1c(OC)c(CN(C)C)c2O. The van der Waals surface area contributed by atoms with Crippen molar-refractivity contribution in [3.05, 3.63) is 91.0 Å². The maximum atomic E-state index is 13.7. The van der Waals surface area contributed by atoms with E-state index in [-0.39, 0.29) is 23.0 Å². The van der Waals surface area contributed by atoms with Gasteiger partial charge in [-0.05, 0) is 106 Å². The van der Waals surface area contributed by atoms with Crippen molar-refractivity contribution in [1.82, 2.24) is 19.6 Å². The van der Waals surface area contributed by atoms with Crippen LogP contribution in [0, 0.1) is 0 Å². The van der Waals surface area contributed by atoms with Gasteiger partial charge in [0.15, 0.2) is 0 Å². The third kappa shape index (κ3) is 25.8. The molecule has 5 rings (SSSR count). The van der Waals surface area contributed by atoms with Crippen LogP contribution in [0.5, 0.6) is 46.0 Å². The second-order valence-electron chi connectivity index (χ2n) is 31.3. The van der Waals surface area contributed by atoms with Crippen LogP contribution in [0.15, 0.2) is 24.3 Å². The first-order valence-electron chi connectivity index (χ1n) is 40.7. The number of methoxy groups -OCH3 is 4. The average molecular weight is 1390 g/mol. The molecule has 8 bridgehead atoms. The van der Waals surface area contributed by atoms with Crippen LogP contribution in [0.4, 0.5) is 0 Å². The van der Waals surface area contributed by atoms with Crippen LogP contribution in [0.2, 0.25) is 0 Å². The van der Waals surface area contributed by atoms with Gasteiger partial charge >= 0.3 is 0 Å². The van der Waals surface area contributed by atoms with E-state index in [9.17, 15) is 20.4 Å². The van der Waals surface area contributed by atoms with E-state index in [0.717, 1.165) is 147 Å². The maximum Gasteiger partial charge on any atom is 0.130 e. The molecule has 0 aromatic heterocycles. The molecule has 1 aliphatic carbocycles. The summed E-state index contributed by atoms with van der Waals surface area (Å²) in [6, 6.07) is 9.08. The van der Waals surface area contributed by atoms with Gasteiger partial charge in [0.05, 0.1) is 50.7 Å². The number of phenols is 4. The Morgan fingerprint density at radius 1 is 0.240 bits per heavy atom. The molecule has 0 saturated heterocycles. The minimum Gasteiger partial charge on any atom is -0.507 e. The van der Waals surface area contributed by atoms with Crippen LogP contribution >= 0.6 is 0 Å². The van der Waals surface area contributed by atoms with Crippen molar-refractivity contribution in [2.75, 3.05) is 84.8 Å². The van der Waals surface area contributed by atoms with Gasteiger partial charge in [0, 0.05) is 94.4 Å². The van der Waals surface area contributed by atoms with Crippen molar-refractivity contribution in [2.45, 2.75) is 334 Å². The maximum absolute atomic E-state index is 13.7. The molecule has 4 aromatic carbocycles. The largest absolute Gasteiger partial charge is 0.507 e. The van der Waals surface area contributed by atoms with Gasteiger partial charge in [0.25, 0.3) is 0 Å². The molecule has 4 aromatic rings. The first-order chi connectivity index (χ1) is 48.4. The zero-order chi connectivity index (χ0) is 72.9. The van der Waals surface area contributed by atoms with Gasteiger partial charge in [0.2, 0.25) is 0 Å². The van der Waals surface area contributed by atoms with Gasteiger partial charge in [-0.2, -0.15) is 0 Å². The predicted molar refractivity (Wildman–Crippen MR) is 423 cm³/mol. The van der Waals surface area contributed by atoms with E-state index in [2.05, 4.69) is 128 Å². The Morgan fingerprint density at radius 3 is 0.530 bits per heavy atom. The van der Waals surface area contributed by atoms with E-state index in [0.29, 0.717) is 71.4 Å². The molecule has 0 aliphatic heterocycles.